The minimum atomic E-state index is -1.77. The second-order valence-corrected chi connectivity index (χ2v) is 22.3. The second-order valence-electron chi connectivity index (χ2n) is 22.3. The third-order valence-electron chi connectivity index (χ3n) is 14.6. The van der Waals surface area contributed by atoms with Crippen molar-refractivity contribution in [2.24, 2.45) is 28.1 Å². The number of primary amides is 1. The first-order valence-electron chi connectivity index (χ1n) is 29.6. The number of nitrogens with one attached hydrogen (secondary N) is 11. The number of hydrogen-bond acceptors (Lipinski definition) is 17. The standard InChI is InChI=1S/C59H79N17O15.3H2O/c1-31(2)21-42(53(84)71-41(11-7-19-64-59(61)62)58(89)76-20-8-12-47(76)57(88)66-27-48(60)79)70-50(81)28-67-51(82)43(22-34-13-15-37(16-14-34)91-33(4)78)72-56(87)46(29-90-32(3)77)75-54(85)44(23-35-25-65-39-10-6-5-9-38(35)39)73-55(86)45(24-36-26-63-30-68-36)74-52(83)40-17-18-49(80)69-40;;;/h5-6,9-10,13-16,25-26,30-31,40-47,65H,7-8,11-12,17-24,27-29H2,1-4H3,(H2,60,79)(H,63,68)(H,66,88)(H,67,82)(H,69,80)(H,70,81)(H,71,84)(H,72,87)(H,73,86)(H,74,83)(H,75,85)(H4,61,62,64);3*1H2/t40-,41-,42-,43-,44-,45-,46-,47-;;;/m0.../s1. The fourth-order valence-corrected chi connectivity index (χ4v) is 10.2. The maximum absolute atomic E-state index is 14.8. The number of ether oxygens (including phenoxy) is 2. The number of aromatic nitrogens is 3. The van der Waals surface area contributed by atoms with Crippen LogP contribution in [-0.2, 0) is 86.3 Å². The minimum absolute atomic E-state index is 0. The van der Waals surface area contributed by atoms with E-state index in [1.54, 1.807) is 44.3 Å². The molecule has 0 saturated carbocycles. The van der Waals surface area contributed by atoms with Crippen molar-refractivity contribution < 1.29 is 88.2 Å². The molecule has 2 aliphatic heterocycles. The number of benzene rings is 2. The highest BCUT2D eigenvalue weighted by Crippen LogP contribution is 2.22. The zero-order valence-corrected chi connectivity index (χ0v) is 52.4. The largest absolute Gasteiger partial charge is 0.463 e. The summed E-state index contributed by atoms with van der Waals surface area (Å²) in [6.45, 7) is 3.99. The molecule has 4 heterocycles. The predicted molar refractivity (Wildman–Crippen MR) is 335 cm³/mol. The van der Waals surface area contributed by atoms with Gasteiger partial charge < -0.3 is 106 Å². The summed E-state index contributed by atoms with van der Waals surface area (Å²) >= 11 is 0. The van der Waals surface area contributed by atoms with Crippen LogP contribution < -0.4 is 69.8 Å². The van der Waals surface area contributed by atoms with Gasteiger partial charge in [0.25, 0.3) is 0 Å². The van der Waals surface area contributed by atoms with Gasteiger partial charge in [-0.2, -0.15) is 0 Å². The van der Waals surface area contributed by atoms with Gasteiger partial charge in [0.2, 0.25) is 65.0 Å². The molecular weight excluding hydrogens is 1230 g/mol. The van der Waals surface area contributed by atoms with Crippen LogP contribution in [0.2, 0.25) is 0 Å². The van der Waals surface area contributed by atoms with Crippen LogP contribution in [0.25, 0.3) is 10.9 Å². The molecule has 4 aromatic rings. The maximum atomic E-state index is 14.8. The van der Waals surface area contributed by atoms with E-state index in [4.69, 9.17) is 26.7 Å². The van der Waals surface area contributed by atoms with E-state index in [1.165, 1.54) is 48.6 Å². The molecule has 0 spiro atoms. The zero-order chi connectivity index (χ0) is 66.3. The molecule has 0 bridgehead atoms. The van der Waals surface area contributed by atoms with Crippen molar-refractivity contribution in [2.75, 3.05) is 32.8 Å². The van der Waals surface area contributed by atoms with Crippen molar-refractivity contribution in [1.82, 2.24) is 67.7 Å². The highest BCUT2D eigenvalue weighted by molar-refractivity contribution is 5.99. The number of aliphatic imine (C=N–C) groups is 1. The van der Waals surface area contributed by atoms with E-state index in [-0.39, 0.29) is 111 Å². The van der Waals surface area contributed by atoms with Crippen LogP contribution in [0.3, 0.4) is 0 Å². The highest BCUT2D eigenvalue weighted by Gasteiger charge is 2.40. The number of carbonyl (C=O) groups is 13. The van der Waals surface area contributed by atoms with E-state index in [9.17, 15) is 62.3 Å². The van der Waals surface area contributed by atoms with Crippen LogP contribution in [0, 0.1) is 5.92 Å². The number of rotatable bonds is 33. The smallest absolute Gasteiger partial charge is 0.308 e. The van der Waals surface area contributed by atoms with E-state index in [2.05, 4.69) is 67.8 Å². The molecule has 2 fully saturated rings. The fourth-order valence-electron chi connectivity index (χ4n) is 10.2. The maximum Gasteiger partial charge on any atom is 0.308 e. The van der Waals surface area contributed by atoms with E-state index in [0.717, 1.165) is 6.92 Å². The first kappa shape index (κ1) is 77.7. The Morgan fingerprint density at radius 2 is 1.33 bits per heavy atom. The van der Waals surface area contributed by atoms with E-state index >= 15 is 0 Å². The number of imidazole rings is 1. The molecule has 0 unspecified atom stereocenters. The van der Waals surface area contributed by atoms with E-state index in [0.29, 0.717) is 34.1 Å². The second kappa shape index (κ2) is 37.7. The third kappa shape index (κ3) is 24.2. The molecule has 2 aromatic heterocycles. The van der Waals surface area contributed by atoms with Gasteiger partial charge in [-0.15, -0.1) is 0 Å². The number of H-pyrrole nitrogens is 2. The minimum Gasteiger partial charge on any atom is -0.463 e. The number of carbonyl (C=O) groups excluding carboxylic acids is 13. The Kier molecular flexibility index (Phi) is 31.2. The van der Waals surface area contributed by atoms with Gasteiger partial charge in [0.05, 0.1) is 19.4 Å². The van der Waals surface area contributed by atoms with E-state index in [1.807, 2.05) is 0 Å². The number of likely N-dealkylation sites (tertiary alicyclic amines) is 1. The molecule has 11 amide bonds. The van der Waals surface area contributed by atoms with Crippen molar-refractivity contribution >= 4 is 93.8 Å². The molecular formula is C59H85N17O18. The van der Waals surface area contributed by atoms with Crippen LogP contribution in [0.1, 0.15) is 89.5 Å². The predicted octanol–water partition coefficient (Wildman–Crippen LogP) is -6.07. The van der Waals surface area contributed by atoms with Gasteiger partial charge in [0, 0.05) is 81.6 Å². The summed E-state index contributed by atoms with van der Waals surface area (Å²) in [5.41, 5.74) is 18.3. The number of hydrogen-bond donors (Lipinski definition) is 14. The van der Waals surface area contributed by atoms with Crippen molar-refractivity contribution in [3.63, 3.8) is 0 Å². The SMILES string of the molecule is CC(=O)OC[C@H](NC(=O)[C@H](Cc1c[nH]c2ccccc12)NC(=O)[C@H](Cc1cnc[nH]1)NC(=O)[C@@H]1CCC(=O)N1)C(=O)N[C@@H](Cc1ccc(OC(C)=O)cc1)C(=O)NCC(=O)N[C@@H](CC(C)C)C(=O)N[C@@H](CCCN=C(N)N)C(=O)N1CCC[C@H]1C(=O)NCC(N)=O.O.O.O. The summed E-state index contributed by atoms with van der Waals surface area (Å²) in [6, 6.07) is 2.29. The Morgan fingerprint density at radius 1 is 0.691 bits per heavy atom. The van der Waals surface area contributed by atoms with Crippen LogP contribution in [0.15, 0.2) is 72.2 Å². The Labute approximate surface area is 539 Å². The lowest BCUT2D eigenvalue weighted by molar-refractivity contribution is -0.145. The van der Waals surface area contributed by atoms with Gasteiger partial charge in [-0.25, -0.2) is 4.98 Å². The van der Waals surface area contributed by atoms with Crippen molar-refractivity contribution in [2.45, 2.75) is 140 Å². The Bertz CT molecular complexity index is 3320. The Balaban J connectivity index is 0.00000768. The van der Waals surface area contributed by atoms with Crippen LogP contribution in [-0.4, -0.2) is 200 Å². The lowest BCUT2D eigenvalue weighted by Crippen LogP contribution is -2.61. The number of fused-ring (bicyclic) bond motifs is 1. The van der Waals surface area contributed by atoms with Gasteiger partial charge in [-0.1, -0.05) is 44.2 Å². The summed E-state index contributed by atoms with van der Waals surface area (Å²) in [7, 11) is 0. The fraction of sp³-hybridized carbons (Fsp3) is 0.475. The van der Waals surface area contributed by atoms with Crippen molar-refractivity contribution in [3.8, 4) is 5.75 Å². The lowest BCUT2D eigenvalue weighted by Gasteiger charge is -2.30. The molecule has 23 N–H and O–H groups in total. The molecule has 0 radical (unpaired) electrons. The van der Waals surface area contributed by atoms with Gasteiger partial charge in [-0.3, -0.25) is 67.3 Å². The molecule has 35 heteroatoms. The van der Waals surface area contributed by atoms with Crippen molar-refractivity contribution in [3.05, 3.63) is 84.1 Å². The Morgan fingerprint density at radius 3 is 1.95 bits per heavy atom. The number of guanidine groups is 1. The quantitative estimate of drug-likeness (QED) is 0.00694. The highest BCUT2D eigenvalue weighted by atomic mass is 16.5. The molecule has 6 rings (SSSR count). The summed E-state index contributed by atoms with van der Waals surface area (Å²) in [6.07, 6.45) is 4.97. The number of para-hydroxylation sites is 1. The van der Waals surface area contributed by atoms with Gasteiger partial charge in [0.1, 0.15) is 60.7 Å². The number of amides is 11. The molecule has 2 saturated heterocycles. The molecule has 35 nitrogen and oxygen atoms in total. The van der Waals surface area contributed by atoms with Crippen molar-refractivity contribution in [1.29, 1.82) is 0 Å². The summed E-state index contributed by atoms with van der Waals surface area (Å²) in [5, 5.41) is 24.0. The Hall–Kier alpha value is -10.5. The van der Waals surface area contributed by atoms with Crippen LogP contribution in [0.4, 0.5) is 0 Å². The normalized spacial score (nSPS) is 15.8. The summed E-state index contributed by atoms with van der Waals surface area (Å²) < 4.78 is 10.4. The number of nitrogens with two attached hydrogens (primary N) is 3. The molecule has 8 atom stereocenters. The van der Waals surface area contributed by atoms with Gasteiger partial charge in [0.15, 0.2) is 5.96 Å². The number of nitrogens with zero attached hydrogens (tertiary/aromatic N) is 3. The monoisotopic (exact) mass is 1320 g/mol. The molecule has 2 aliphatic rings. The van der Waals surface area contributed by atoms with Crippen LogP contribution in [0.5, 0.6) is 5.75 Å². The van der Waals surface area contributed by atoms with Crippen LogP contribution >= 0.6 is 0 Å². The summed E-state index contributed by atoms with van der Waals surface area (Å²) in [5.74, 6) is -10.3. The average Bonchev–Trinajstić information content (AvgIpc) is 1.64. The lowest BCUT2D eigenvalue weighted by atomic mass is 10.0. The van der Waals surface area contributed by atoms with E-state index < -0.39 is 139 Å². The molecule has 94 heavy (non-hydrogen) atoms. The third-order valence-corrected chi connectivity index (χ3v) is 14.6. The zero-order valence-electron chi connectivity index (χ0n) is 52.4. The number of aromatic amines is 2. The number of esters is 2. The summed E-state index contributed by atoms with van der Waals surface area (Å²) in [4.78, 5) is 190. The van der Waals surface area contributed by atoms with Gasteiger partial charge >= 0.3 is 11.9 Å². The molecule has 2 aromatic carbocycles. The van der Waals surface area contributed by atoms with Gasteiger partial charge in [-0.05, 0) is 73.8 Å². The topological polar surface area (TPSA) is 581 Å². The first-order chi connectivity index (χ1) is 43.3. The average molecular weight is 1320 g/mol. The first-order valence-corrected chi connectivity index (χ1v) is 29.6. The molecule has 514 valence electrons. The molecule has 0 aliphatic carbocycles.